The first-order valence-corrected chi connectivity index (χ1v) is 11.4. The molecule has 1 N–H and O–H groups in total. The van der Waals surface area contributed by atoms with Gasteiger partial charge in [-0.1, -0.05) is 39.7 Å². The number of fused-ring (bicyclic) bond motifs is 4. The number of aromatic amines is 1. The van der Waals surface area contributed by atoms with Crippen LogP contribution in [-0.2, 0) is 6.54 Å². The molecule has 6 nitrogen and oxygen atoms in total. The second kappa shape index (κ2) is 7.51. The first-order valence-electron chi connectivity index (χ1n) is 9.85. The Morgan fingerprint density at radius 3 is 2.50 bits per heavy atom. The first-order chi connectivity index (χ1) is 15.6. The van der Waals surface area contributed by atoms with Gasteiger partial charge in [-0.2, -0.15) is 5.10 Å². The van der Waals surface area contributed by atoms with Gasteiger partial charge in [0.05, 0.1) is 23.1 Å². The summed E-state index contributed by atoms with van der Waals surface area (Å²) in [6, 6.07) is 21.6. The zero-order valence-electron chi connectivity index (χ0n) is 16.5. The molecule has 6 aromatic rings. The Bertz CT molecular complexity index is 1700. The van der Waals surface area contributed by atoms with Crippen molar-refractivity contribution >= 4 is 72.8 Å². The summed E-state index contributed by atoms with van der Waals surface area (Å²) in [4.78, 5) is 9.84. The number of hydrogen-bond donors (Lipinski definition) is 1. The highest BCUT2D eigenvalue weighted by Gasteiger charge is 2.18. The van der Waals surface area contributed by atoms with Crippen LogP contribution in [0.25, 0.3) is 38.8 Å². The predicted molar refractivity (Wildman–Crippen MR) is 133 cm³/mol. The van der Waals surface area contributed by atoms with Crippen molar-refractivity contribution in [2.75, 3.05) is 0 Å². The topological polar surface area (TPSA) is 64.3 Å². The van der Waals surface area contributed by atoms with Crippen LogP contribution in [0.3, 0.4) is 0 Å². The number of aromatic nitrogens is 6. The normalized spacial score (nSPS) is 11.7. The lowest BCUT2D eigenvalue weighted by Crippen LogP contribution is -2.08. The number of para-hydroxylation sites is 2. The van der Waals surface area contributed by atoms with Gasteiger partial charge in [-0.25, -0.2) is 9.97 Å². The number of nitrogens with zero attached hydrogens (tertiary/aromatic N) is 5. The molecule has 0 radical (unpaired) electrons. The van der Waals surface area contributed by atoms with E-state index < -0.39 is 0 Å². The third kappa shape index (κ3) is 3.14. The van der Waals surface area contributed by atoms with Crippen LogP contribution in [0, 0.1) is 4.77 Å². The van der Waals surface area contributed by atoms with Crippen molar-refractivity contribution in [3.63, 3.8) is 0 Å². The maximum atomic E-state index is 6.33. The van der Waals surface area contributed by atoms with Gasteiger partial charge in [0, 0.05) is 20.6 Å². The van der Waals surface area contributed by atoms with Crippen LogP contribution in [0.2, 0.25) is 5.02 Å². The number of benzene rings is 3. The molecule has 0 saturated heterocycles. The fraction of sp³-hybridized carbons (Fsp3) is 0.0435. The van der Waals surface area contributed by atoms with E-state index in [0.29, 0.717) is 16.3 Å². The maximum absolute atomic E-state index is 6.33. The molecule has 0 aliphatic carbocycles. The Morgan fingerprint density at radius 1 is 0.969 bits per heavy atom. The van der Waals surface area contributed by atoms with Gasteiger partial charge in [0.1, 0.15) is 5.52 Å². The Balaban J connectivity index is 1.61. The summed E-state index contributed by atoms with van der Waals surface area (Å²) in [6.45, 7) is 0.456. The summed E-state index contributed by atoms with van der Waals surface area (Å²) in [5.41, 5.74) is 5.18. The van der Waals surface area contributed by atoms with Crippen LogP contribution < -0.4 is 0 Å². The fourth-order valence-electron chi connectivity index (χ4n) is 4.00. The minimum Gasteiger partial charge on any atom is -0.316 e. The molecule has 0 spiro atoms. The van der Waals surface area contributed by atoms with Gasteiger partial charge in [0.15, 0.2) is 16.2 Å². The predicted octanol–water partition coefficient (Wildman–Crippen LogP) is 6.45. The summed E-state index contributed by atoms with van der Waals surface area (Å²) >= 11 is 15.4. The van der Waals surface area contributed by atoms with Crippen molar-refractivity contribution in [2.24, 2.45) is 0 Å². The molecule has 9 heteroatoms. The Kier molecular flexibility index (Phi) is 4.60. The van der Waals surface area contributed by atoms with E-state index in [2.05, 4.69) is 30.7 Å². The van der Waals surface area contributed by atoms with Gasteiger partial charge in [-0.05, 0) is 66.8 Å². The standard InChI is InChI=1S/C23H14BrClN6S/c24-13-5-8-15(9-6-13)31-20(28-29-23(31)32)12-30-19-10-7-14(25)11-16(19)21-22(30)27-18-4-2-1-3-17(18)26-21/h1-11H,12H2,(H,29,32). The molecule has 0 aliphatic rings. The summed E-state index contributed by atoms with van der Waals surface area (Å²) in [5, 5.41) is 9.06. The van der Waals surface area contributed by atoms with Gasteiger partial charge in [0.25, 0.3) is 0 Å². The van der Waals surface area contributed by atoms with Gasteiger partial charge < -0.3 is 4.57 Å². The fourth-order valence-corrected chi connectivity index (χ4v) is 4.69. The monoisotopic (exact) mass is 520 g/mol. The molecule has 3 aromatic heterocycles. The van der Waals surface area contributed by atoms with E-state index in [-0.39, 0.29) is 0 Å². The Morgan fingerprint density at radius 2 is 1.72 bits per heavy atom. The third-order valence-corrected chi connectivity index (χ3v) is 6.48. The van der Waals surface area contributed by atoms with Crippen molar-refractivity contribution in [3.05, 3.63) is 86.8 Å². The molecule has 0 bridgehead atoms. The van der Waals surface area contributed by atoms with E-state index in [1.807, 2.05) is 71.3 Å². The minimum absolute atomic E-state index is 0.456. The van der Waals surface area contributed by atoms with Gasteiger partial charge in [-0.15, -0.1) is 0 Å². The summed E-state index contributed by atoms with van der Waals surface area (Å²) in [6.07, 6.45) is 0. The highest BCUT2D eigenvalue weighted by atomic mass is 79.9. The minimum atomic E-state index is 0.456. The molecular weight excluding hydrogens is 508 g/mol. The number of H-pyrrole nitrogens is 1. The summed E-state index contributed by atoms with van der Waals surface area (Å²) in [5.74, 6) is 0.765. The van der Waals surface area contributed by atoms with E-state index in [1.165, 1.54) is 0 Å². The molecule has 0 fully saturated rings. The van der Waals surface area contributed by atoms with Crippen LogP contribution in [0.1, 0.15) is 5.82 Å². The van der Waals surface area contributed by atoms with Gasteiger partial charge >= 0.3 is 0 Å². The van der Waals surface area contributed by atoms with Gasteiger partial charge in [0.2, 0.25) is 0 Å². The van der Waals surface area contributed by atoms with Crippen molar-refractivity contribution in [1.82, 2.24) is 29.3 Å². The lowest BCUT2D eigenvalue weighted by atomic mass is 10.2. The average molecular weight is 522 g/mol. The van der Waals surface area contributed by atoms with Crippen molar-refractivity contribution in [1.29, 1.82) is 0 Å². The molecule has 156 valence electrons. The van der Waals surface area contributed by atoms with Crippen LogP contribution >= 0.6 is 39.7 Å². The number of hydrogen-bond acceptors (Lipinski definition) is 4. The van der Waals surface area contributed by atoms with Crippen molar-refractivity contribution in [3.8, 4) is 5.69 Å². The summed E-state index contributed by atoms with van der Waals surface area (Å²) < 4.78 is 5.58. The third-order valence-electron chi connectivity index (χ3n) is 5.44. The lowest BCUT2D eigenvalue weighted by molar-refractivity contribution is 0.760. The number of halogens is 2. The van der Waals surface area contributed by atoms with Crippen molar-refractivity contribution < 1.29 is 0 Å². The molecule has 32 heavy (non-hydrogen) atoms. The molecule has 6 rings (SSSR count). The quantitative estimate of drug-likeness (QED) is 0.272. The zero-order valence-corrected chi connectivity index (χ0v) is 19.6. The first kappa shape index (κ1) is 19.6. The SMILES string of the molecule is S=c1[nH]nc(Cn2c3ccc(Cl)cc3c3nc4ccccc4nc32)n1-c1ccc(Br)cc1. The van der Waals surface area contributed by atoms with E-state index in [0.717, 1.165) is 49.1 Å². The largest absolute Gasteiger partial charge is 0.316 e. The van der Waals surface area contributed by atoms with E-state index in [4.69, 9.17) is 33.8 Å². The Hall–Kier alpha value is -3.07. The lowest BCUT2D eigenvalue weighted by Gasteiger charge is -2.10. The molecule has 0 saturated carbocycles. The average Bonchev–Trinajstić information content (AvgIpc) is 3.30. The zero-order chi connectivity index (χ0) is 21.8. The van der Waals surface area contributed by atoms with Crippen LogP contribution in [0.15, 0.2) is 71.2 Å². The van der Waals surface area contributed by atoms with E-state index >= 15 is 0 Å². The molecule has 0 amide bonds. The van der Waals surface area contributed by atoms with E-state index in [1.54, 1.807) is 0 Å². The van der Waals surface area contributed by atoms with Crippen LogP contribution in [0.4, 0.5) is 0 Å². The molecule has 3 aromatic carbocycles. The molecule has 3 heterocycles. The molecule has 0 atom stereocenters. The van der Waals surface area contributed by atoms with Crippen LogP contribution in [-0.4, -0.2) is 29.3 Å². The Labute approximate surface area is 200 Å². The molecular formula is C23H14BrClN6S. The molecule has 0 unspecified atom stereocenters. The van der Waals surface area contributed by atoms with E-state index in [9.17, 15) is 0 Å². The number of rotatable bonds is 3. The maximum Gasteiger partial charge on any atom is 0.199 e. The number of nitrogens with one attached hydrogen (secondary N) is 1. The highest BCUT2D eigenvalue weighted by Crippen LogP contribution is 2.31. The van der Waals surface area contributed by atoms with Crippen molar-refractivity contribution in [2.45, 2.75) is 6.54 Å². The summed E-state index contributed by atoms with van der Waals surface area (Å²) in [7, 11) is 0. The van der Waals surface area contributed by atoms with Gasteiger partial charge in [-0.3, -0.25) is 9.67 Å². The second-order valence-corrected chi connectivity index (χ2v) is 9.13. The second-order valence-electron chi connectivity index (χ2n) is 7.39. The smallest absolute Gasteiger partial charge is 0.199 e. The van der Waals surface area contributed by atoms with Crippen LogP contribution in [0.5, 0.6) is 0 Å². The molecule has 0 aliphatic heterocycles. The highest BCUT2D eigenvalue weighted by molar-refractivity contribution is 9.10.